The number of carbonyl (C=O) groups is 2. The van der Waals surface area contributed by atoms with Crippen molar-refractivity contribution in [2.45, 2.75) is 62.7 Å². The van der Waals surface area contributed by atoms with E-state index in [-0.39, 0.29) is 48.3 Å². The molecule has 6 atom stereocenters. The predicted octanol–water partition coefficient (Wildman–Crippen LogP) is 3.18. The summed E-state index contributed by atoms with van der Waals surface area (Å²) in [6, 6.07) is 2.67. The number of methoxy groups -OCH3 is 1. The first-order chi connectivity index (χ1) is 19.7. The van der Waals surface area contributed by atoms with Crippen LogP contribution in [0.4, 0.5) is 0 Å². The molecule has 0 radical (unpaired) electrons. The lowest BCUT2D eigenvalue weighted by atomic mass is 9.71. The molecule has 5 aliphatic rings. The molecule has 214 valence electrons. The molecule has 41 heavy (non-hydrogen) atoms. The van der Waals surface area contributed by atoms with Crippen LogP contribution < -0.4 is 14.2 Å². The van der Waals surface area contributed by atoms with E-state index in [1.165, 1.54) is 11.8 Å². The van der Waals surface area contributed by atoms with Crippen molar-refractivity contribution in [3.63, 3.8) is 0 Å². The number of benzene rings is 2. The maximum absolute atomic E-state index is 12.8. The molecule has 7 rings (SSSR count). The number of ketones is 1. The summed E-state index contributed by atoms with van der Waals surface area (Å²) in [6.45, 7) is 5.92. The zero-order valence-corrected chi connectivity index (χ0v) is 24.3. The maximum Gasteiger partial charge on any atom is 0.375 e. The number of nitrogens with zero attached hydrogens (tertiary/aromatic N) is 3. The first-order valence-electron chi connectivity index (χ1n) is 13.7. The summed E-state index contributed by atoms with van der Waals surface area (Å²) in [7, 11) is 3.56. The van der Waals surface area contributed by atoms with Crippen LogP contribution in [0.1, 0.15) is 56.3 Å². The van der Waals surface area contributed by atoms with Crippen LogP contribution in [0.2, 0.25) is 0 Å². The van der Waals surface area contributed by atoms with Crippen molar-refractivity contribution in [1.82, 2.24) is 9.80 Å². The molecule has 0 unspecified atom stereocenters. The molecule has 0 saturated carbocycles. The van der Waals surface area contributed by atoms with Gasteiger partial charge >= 0.3 is 5.97 Å². The van der Waals surface area contributed by atoms with E-state index in [0.717, 1.165) is 38.9 Å². The second-order valence-electron chi connectivity index (χ2n) is 11.5. The number of carbonyl (C=O) groups excluding carboxylic acids is 2. The molecule has 2 aromatic rings. The van der Waals surface area contributed by atoms with Gasteiger partial charge in [-0.3, -0.25) is 14.6 Å². The van der Waals surface area contributed by atoms with Gasteiger partial charge in [0.25, 0.3) is 0 Å². The molecule has 5 aliphatic heterocycles. The van der Waals surface area contributed by atoms with Gasteiger partial charge in [0.05, 0.1) is 31.0 Å². The summed E-state index contributed by atoms with van der Waals surface area (Å²) in [4.78, 5) is 29.9. The summed E-state index contributed by atoms with van der Waals surface area (Å²) in [5.74, 6) is 0.286. The maximum atomic E-state index is 12.8. The first-order valence-corrected chi connectivity index (χ1v) is 14.8. The second kappa shape index (κ2) is 9.28. The quantitative estimate of drug-likeness (QED) is 0.397. The molecular weight excluding hydrogens is 546 g/mol. The van der Waals surface area contributed by atoms with Gasteiger partial charge < -0.3 is 24.1 Å². The van der Waals surface area contributed by atoms with Gasteiger partial charge in [-0.05, 0) is 62.1 Å². The van der Waals surface area contributed by atoms with E-state index in [2.05, 4.69) is 21.9 Å². The highest BCUT2D eigenvalue weighted by Crippen LogP contribution is 2.62. The van der Waals surface area contributed by atoms with Crippen molar-refractivity contribution in [3.8, 4) is 29.1 Å². The number of hydrogen-bond acceptors (Lipinski definition) is 11. The van der Waals surface area contributed by atoms with Gasteiger partial charge in [-0.2, -0.15) is 5.26 Å². The number of nitriles is 1. The molecule has 1 N–H and O–H groups in total. The van der Waals surface area contributed by atoms with Crippen molar-refractivity contribution in [2.75, 3.05) is 33.3 Å². The Morgan fingerprint density at radius 3 is 2.59 bits per heavy atom. The van der Waals surface area contributed by atoms with E-state index in [4.69, 9.17) is 18.9 Å². The Morgan fingerprint density at radius 2 is 1.85 bits per heavy atom. The Hall–Kier alpha value is -3.46. The number of phenols is 1. The van der Waals surface area contributed by atoms with Crippen molar-refractivity contribution >= 4 is 23.5 Å². The van der Waals surface area contributed by atoms with Gasteiger partial charge in [-0.15, -0.1) is 11.8 Å². The van der Waals surface area contributed by atoms with Crippen molar-refractivity contribution in [2.24, 2.45) is 0 Å². The Bertz CT molecular complexity index is 1570. The molecule has 0 aliphatic carbocycles. The van der Waals surface area contributed by atoms with Gasteiger partial charge in [-0.1, -0.05) is 6.07 Å². The number of fused-ring (bicyclic) bond motifs is 9. The van der Waals surface area contributed by atoms with Gasteiger partial charge in [0.1, 0.15) is 12.6 Å². The number of aromatic hydroxyl groups is 1. The third kappa shape index (κ3) is 3.44. The number of likely N-dealkylation sites (N-methyl/N-ethyl adjacent to an activating group) is 1. The Balaban J connectivity index is 1.55. The lowest BCUT2D eigenvalue weighted by molar-refractivity contribution is -0.157. The summed E-state index contributed by atoms with van der Waals surface area (Å²) in [6.07, 6.45) is 0.558. The van der Waals surface area contributed by atoms with Crippen LogP contribution in [0, 0.1) is 32.1 Å². The van der Waals surface area contributed by atoms with E-state index in [1.807, 2.05) is 27.8 Å². The molecule has 0 amide bonds. The number of aryl methyl sites for hydroxylation is 1. The zero-order chi connectivity index (χ0) is 28.9. The number of thioether (sulfide) groups is 1. The number of esters is 1. The number of cyclic esters (lactones) is 1. The average Bonchev–Trinajstić information content (AvgIpc) is 3.44. The molecule has 2 aromatic carbocycles. The number of piperazine rings is 1. The SMILES string of the molecule is COc1c(C)cc2c(c1O)[C@@H]1[C@@H]3[C@@H]4SCC(=O)C(=O)OC[C@@H](c5c6c(c(C)c(C)c54)OCO6)N3[C@@H](C#N)[C@H](C2)N1C. The monoisotopic (exact) mass is 577 g/mol. The fourth-order valence-corrected chi connectivity index (χ4v) is 9.26. The van der Waals surface area contributed by atoms with E-state index < -0.39 is 23.8 Å². The van der Waals surface area contributed by atoms with Crippen molar-refractivity contribution < 1.29 is 33.6 Å². The largest absolute Gasteiger partial charge is 0.504 e. The van der Waals surface area contributed by atoms with Crippen LogP contribution in [-0.4, -0.2) is 78.1 Å². The lowest BCUT2D eigenvalue weighted by Crippen LogP contribution is -2.69. The Morgan fingerprint density at radius 1 is 1.10 bits per heavy atom. The third-order valence-corrected chi connectivity index (χ3v) is 11.0. The van der Waals surface area contributed by atoms with E-state index in [1.54, 1.807) is 7.11 Å². The first kappa shape index (κ1) is 26.4. The van der Waals surface area contributed by atoms with Crippen molar-refractivity contribution in [3.05, 3.63) is 45.0 Å². The molecular formula is C30H31N3O7S. The van der Waals surface area contributed by atoms with Gasteiger partial charge in [0.2, 0.25) is 12.6 Å². The van der Waals surface area contributed by atoms with Crippen LogP contribution in [0.5, 0.6) is 23.0 Å². The molecule has 0 aromatic heterocycles. The molecule has 2 fully saturated rings. The van der Waals surface area contributed by atoms with E-state index in [0.29, 0.717) is 23.7 Å². The normalized spacial score (nSPS) is 30.1. The zero-order valence-electron chi connectivity index (χ0n) is 23.5. The van der Waals surface area contributed by atoms with Crippen LogP contribution in [0.3, 0.4) is 0 Å². The van der Waals surface area contributed by atoms with E-state index in [9.17, 15) is 20.0 Å². The molecule has 4 bridgehead atoms. The summed E-state index contributed by atoms with van der Waals surface area (Å²) < 4.78 is 23.3. The fourth-order valence-electron chi connectivity index (χ4n) is 7.85. The summed E-state index contributed by atoms with van der Waals surface area (Å²) in [5, 5.41) is 22.1. The molecule has 11 heteroatoms. The van der Waals surface area contributed by atoms with Crippen LogP contribution in [-0.2, 0) is 20.7 Å². The highest BCUT2D eigenvalue weighted by atomic mass is 32.2. The smallest absolute Gasteiger partial charge is 0.375 e. The fraction of sp³-hybridized carbons (Fsp3) is 0.500. The summed E-state index contributed by atoms with van der Waals surface area (Å²) in [5.41, 5.74) is 6.45. The number of hydrogen-bond donors (Lipinski definition) is 1. The van der Waals surface area contributed by atoms with Gasteiger partial charge in [0, 0.05) is 28.5 Å². The second-order valence-corrected chi connectivity index (χ2v) is 12.6. The minimum atomic E-state index is -0.869. The number of rotatable bonds is 1. The minimum absolute atomic E-state index is 0.0714. The summed E-state index contributed by atoms with van der Waals surface area (Å²) >= 11 is 1.38. The van der Waals surface area contributed by atoms with E-state index >= 15 is 0 Å². The highest BCUT2D eigenvalue weighted by Gasteiger charge is 2.60. The van der Waals surface area contributed by atoms with Crippen LogP contribution >= 0.6 is 11.8 Å². The lowest BCUT2D eigenvalue weighted by Gasteiger charge is -2.61. The minimum Gasteiger partial charge on any atom is -0.504 e. The Kier molecular flexibility index (Phi) is 5.98. The molecule has 0 spiro atoms. The molecule has 5 heterocycles. The van der Waals surface area contributed by atoms with Gasteiger partial charge in [-0.25, -0.2) is 4.79 Å². The molecule has 2 saturated heterocycles. The standard InChI is InChI=1S/C30H31N3O7S/c1-12-6-15-7-16-17(8-31)33-18-9-38-30(36)19(34)10-41-29(20-13(2)14(3)27-28(22(18)20)40-11-39-27)24(33)23(32(16)4)21(15)25(35)26(12)37-5/h6,16-18,23-24,29,35H,7,9-11H2,1-5H3/t16-,17-,18-,23+,24+,29+/m0/s1. The molecule has 10 nitrogen and oxygen atoms in total. The Labute approximate surface area is 242 Å². The highest BCUT2D eigenvalue weighted by molar-refractivity contribution is 8.00. The van der Waals surface area contributed by atoms with Crippen LogP contribution in [0.25, 0.3) is 0 Å². The number of ether oxygens (including phenoxy) is 4. The average molecular weight is 578 g/mol. The van der Waals surface area contributed by atoms with Crippen molar-refractivity contribution in [1.29, 1.82) is 5.26 Å². The predicted molar refractivity (Wildman–Crippen MR) is 148 cm³/mol. The van der Waals surface area contributed by atoms with Gasteiger partial charge in [0.15, 0.2) is 23.0 Å². The number of phenolic OH excluding ortho intramolecular Hbond substituents is 1. The third-order valence-electron chi connectivity index (χ3n) is 9.68. The van der Waals surface area contributed by atoms with Crippen LogP contribution in [0.15, 0.2) is 6.07 Å². The topological polar surface area (TPSA) is 122 Å². The number of Topliss-reactive ketones (excluding diaryl/α,β-unsaturated/α-hetero) is 1.